The minimum atomic E-state index is -0.371. The van der Waals surface area contributed by atoms with Gasteiger partial charge in [0.05, 0.1) is 34.5 Å². The number of carbonyl (C=O) groups is 2. The van der Waals surface area contributed by atoms with Crippen molar-refractivity contribution in [2.75, 3.05) is 15.5 Å². The van der Waals surface area contributed by atoms with Crippen LogP contribution in [-0.4, -0.2) is 16.9 Å². The summed E-state index contributed by atoms with van der Waals surface area (Å²) in [6.07, 6.45) is 3.20. The smallest absolute Gasteiger partial charge is 0.320 e. The molecule has 2 heterocycles. The van der Waals surface area contributed by atoms with Crippen LogP contribution < -0.4 is 15.5 Å². The zero-order valence-corrected chi connectivity index (χ0v) is 13.1. The molecule has 0 atom stereocenters. The van der Waals surface area contributed by atoms with E-state index in [-0.39, 0.29) is 11.9 Å². The first-order valence-electron chi connectivity index (χ1n) is 7.74. The highest BCUT2D eigenvalue weighted by molar-refractivity contribution is 6.19. The Morgan fingerprint density at radius 3 is 2.52 bits per heavy atom. The Hall–Kier alpha value is -3.67. The maximum Gasteiger partial charge on any atom is 0.331 e. The number of rotatable bonds is 1. The van der Waals surface area contributed by atoms with Crippen LogP contribution in [0.5, 0.6) is 0 Å². The Kier molecular flexibility index (Phi) is 3.63. The Morgan fingerprint density at radius 1 is 0.960 bits per heavy atom. The molecule has 0 saturated carbocycles. The van der Waals surface area contributed by atoms with Crippen molar-refractivity contribution in [3.8, 4) is 0 Å². The number of hydrogen-bond donors (Lipinski definition) is 2. The molecular weight excluding hydrogens is 316 g/mol. The van der Waals surface area contributed by atoms with Crippen molar-refractivity contribution < 1.29 is 9.59 Å². The van der Waals surface area contributed by atoms with E-state index in [9.17, 15) is 9.59 Å². The zero-order valence-electron chi connectivity index (χ0n) is 13.1. The van der Waals surface area contributed by atoms with Gasteiger partial charge >= 0.3 is 6.03 Å². The van der Waals surface area contributed by atoms with Crippen LogP contribution in [0, 0.1) is 0 Å². The minimum Gasteiger partial charge on any atom is -0.320 e. The molecule has 3 aromatic rings. The molecule has 0 aliphatic carbocycles. The molecule has 25 heavy (non-hydrogen) atoms. The summed E-state index contributed by atoms with van der Waals surface area (Å²) in [6, 6.07) is 17.3. The summed E-state index contributed by atoms with van der Waals surface area (Å²) in [5.41, 5.74) is 2.70. The Morgan fingerprint density at radius 2 is 1.72 bits per heavy atom. The van der Waals surface area contributed by atoms with Crippen LogP contribution in [0.4, 0.5) is 27.5 Å². The second-order valence-electron chi connectivity index (χ2n) is 5.50. The fourth-order valence-corrected chi connectivity index (χ4v) is 2.79. The van der Waals surface area contributed by atoms with Crippen molar-refractivity contribution in [1.82, 2.24) is 4.98 Å². The maximum atomic E-state index is 13.0. The van der Waals surface area contributed by atoms with Crippen LogP contribution >= 0.6 is 0 Å². The van der Waals surface area contributed by atoms with Gasteiger partial charge in [0.2, 0.25) is 0 Å². The number of fused-ring (bicyclic) bond motifs is 2. The molecule has 3 amide bonds. The number of urea groups is 1. The molecule has 0 unspecified atom stereocenters. The van der Waals surface area contributed by atoms with Crippen molar-refractivity contribution in [2.45, 2.75) is 0 Å². The molecule has 1 aliphatic heterocycles. The third-order valence-corrected chi connectivity index (χ3v) is 3.90. The highest BCUT2D eigenvalue weighted by Gasteiger charge is 2.29. The molecule has 1 aliphatic rings. The Bertz CT molecular complexity index is 956. The van der Waals surface area contributed by atoms with Crippen LogP contribution in [-0.2, 0) is 0 Å². The molecule has 6 nitrogen and oxygen atoms in total. The Labute approximate surface area is 144 Å². The van der Waals surface area contributed by atoms with Gasteiger partial charge in [-0.25, -0.2) is 4.79 Å². The topological polar surface area (TPSA) is 74.3 Å². The lowest BCUT2D eigenvalue weighted by Crippen LogP contribution is -2.31. The predicted molar refractivity (Wildman–Crippen MR) is 96.2 cm³/mol. The molecule has 0 spiro atoms. The van der Waals surface area contributed by atoms with Crippen molar-refractivity contribution in [3.63, 3.8) is 0 Å². The molecule has 0 radical (unpaired) electrons. The minimum absolute atomic E-state index is 0.250. The normalized spacial score (nSPS) is 12.5. The summed E-state index contributed by atoms with van der Waals surface area (Å²) >= 11 is 0. The second kappa shape index (κ2) is 6.09. The van der Waals surface area contributed by atoms with Crippen LogP contribution in [0.3, 0.4) is 0 Å². The first-order chi connectivity index (χ1) is 12.2. The van der Waals surface area contributed by atoms with E-state index in [0.717, 1.165) is 0 Å². The lowest BCUT2D eigenvalue weighted by atomic mass is 10.1. The molecule has 122 valence electrons. The number of anilines is 4. The summed E-state index contributed by atoms with van der Waals surface area (Å²) in [5, 5.41) is 5.68. The van der Waals surface area contributed by atoms with E-state index in [1.54, 1.807) is 60.9 Å². The third-order valence-electron chi connectivity index (χ3n) is 3.90. The number of nitrogens with one attached hydrogen (secondary N) is 2. The monoisotopic (exact) mass is 330 g/mol. The number of amides is 3. The van der Waals surface area contributed by atoms with Gasteiger partial charge in [0.15, 0.2) is 0 Å². The van der Waals surface area contributed by atoms with Crippen molar-refractivity contribution in [2.24, 2.45) is 0 Å². The van der Waals surface area contributed by atoms with E-state index < -0.39 is 0 Å². The average Bonchev–Trinajstić information content (AvgIpc) is 2.76. The molecular formula is C19H14N4O2. The second-order valence-corrected chi connectivity index (χ2v) is 5.50. The SMILES string of the molecule is O=C1Nc2ccccc2N(C(=O)Nc2cccnc2)c2ccccc21. The van der Waals surface area contributed by atoms with E-state index in [1.807, 2.05) is 12.1 Å². The zero-order chi connectivity index (χ0) is 17.2. The van der Waals surface area contributed by atoms with E-state index in [0.29, 0.717) is 28.3 Å². The fourth-order valence-electron chi connectivity index (χ4n) is 2.79. The molecule has 2 N–H and O–H groups in total. The number of pyridine rings is 1. The lowest BCUT2D eigenvalue weighted by molar-refractivity contribution is 0.102. The van der Waals surface area contributed by atoms with Gasteiger partial charge in [0, 0.05) is 6.20 Å². The molecule has 0 bridgehead atoms. The van der Waals surface area contributed by atoms with Gasteiger partial charge in [-0.2, -0.15) is 0 Å². The molecule has 2 aromatic carbocycles. The third kappa shape index (κ3) is 2.70. The standard InChI is InChI=1S/C19H14N4O2/c24-18-14-7-1-3-9-16(14)23(17-10-4-2-8-15(17)22-18)19(25)21-13-6-5-11-20-12-13/h1-12H,(H,21,25)(H,22,24). The van der Waals surface area contributed by atoms with Gasteiger partial charge in [-0.05, 0) is 36.4 Å². The van der Waals surface area contributed by atoms with Gasteiger partial charge in [-0.1, -0.05) is 24.3 Å². The van der Waals surface area contributed by atoms with Crippen molar-refractivity contribution >= 4 is 34.7 Å². The highest BCUT2D eigenvalue weighted by atomic mass is 16.2. The Balaban J connectivity index is 1.84. The summed E-state index contributed by atoms with van der Waals surface area (Å²) in [6.45, 7) is 0. The molecule has 1 aromatic heterocycles. The van der Waals surface area contributed by atoms with Crippen LogP contribution in [0.1, 0.15) is 10.4 Å². The number of aromatic nitrogens is 1. The molecule has 4 rings (SSSR count). The largest absolute Gasteiger partial charge is 0.331 e. The molecule has 0 saturated heterocycles. The van der Waals surface area contributed by atoms with E-state index >= 15 is 0 Å². The molecule has 6 heteroatoms. The van der Waals surface area contributed by atoms with Crippen LogP contribution in [0.2, 0.25) is 0 Å². The first kappa shape index (κ1) is 14.9. The number of nitrogens with zero attached hydrogens (tertiary/aromatic N) is 2. The summed E-state index contributed by atoms with van der Waals surface area (Å²) in [5.74, 6) is -0.250. The lowest BCUT2D eigenvalue weighted by Gasteiger charge is -2.24. The highest BCUT2D eigenvalue weighted by Crippen LogP contribution is 2.37. The molecule has 0 fully saturated rings. The number of benzene rings is 2. The number of para-hydroxylation sites is 3. The number of carbonyl (C=O) groups excluding carboxylic acids is 2. The van der Waals surface area contributed by atoms with Crippen LogP contribution in [0.15, 0.2) is 73.1 Å². The van der Waals surface area contributed by atoms with E-state index in [2.05, 4.69) is 15.6 Å². The quantitative estimate of drug-likeness (QED) is 0.708. The van der Waals surface area contributed by atoms with Gasteiger partial charge in [-0.15, -0.1) is 0 Å². The van der Waals surface area contributed by atoms with Crippen molar-refractivity contribution in [1.29, 1.82) is 0 Å². The van der Waals surface area contributed by atoms with Crippen LogP contribution in [0.25, 0.3) is 0 Å². The van der Waals surface area contributed by atoms with Gasteiger partial charge < -0.3 is 10.6 Å². The maximum absolute atomic E-state index is 13.0. The average molecular weight is 330 g/mol. The predicted octanol–water partition coefficient (Wildman–Crippen LogP) is 4.02. The first-order valence-corrected chi connectivity index (χ1v) is 7.74. The summed E-state index contributed by atoms with van der Waals surface area (Å²) in [4.78, 5) is 31.0. The summed E-state index contributed by atoms with van der Waals surface area (Å²) in [7, 11) is 0. The van der Waals surface area contributed by atoms with E-state index in [4.69, 9.17) is 0 Å². The fraction of sp³-hybridized carbons (Fsp3) is 0. The van der Waals surface area contributed by atoms with E-state index in [1.165, 1.54) is 4.90 Å². The summed E-state index contributed by atoms with van der Waals surface area (Å²) < 4.78 is 0. The van der Waals surface area contributed by atoms with Gasteiger partial charge in [0.1, 0.15) is 0 Å². The van der Waals surface area contributed by atoms with Crippen molar-refractivity contribution in [3.05, 3.63) is 78.6 Å². The number of hydrogen-bond acceptors (Lipinski definition) is 3. The van der Waals surface area contributed by atoms with Gasteiger partial charge in [-0.3, -0.25) is 14.7 Å². The van der Waals surface area contributed by atoms with Gasteiger partial charge in [0.25, 0.3) is 5.91 Å².